The van der Waals surface area contributed by atoms with Gasteiger partial charge in [-0.1, -0.05) is 12.1 Å². The molecule has 0 saturated carbocycles. The summed E-state index contributed by atoms with van der Waals surface area (Å²) in [6, 6.07) is 9.47. The Morgan fingerprint density at radius 3 is 2.64 bits per heavy atom. The summed E-state index contributed by atoms with van der Waals surface area (Å²) in [6.45, 7) is 0. The predicted molar refractivity (Wildman–Crippen MR) is 93.1 cm³/mol. The lowest BCUT2D eigenvalue weighted by atomic mass is 10.2. The summed E-state index contributed by atoms with van der Waals surface area (Å²) in [7, 11) is 1.42. The van der Waals surface area contributed by atoms with Crippen molar-refractivity contribution in [1.29, 1.82) is 0 Å². The van der Waals surface area contributed by atoms with Crippen molar-refractivity contribution in [3.63, 3.8) is 0 Å². The number of hydrogen-bond donors (Lipinski definition) is 3. The zero-order valence-corrected chi connectivity index (χ0v) is 13.8. The number of nitrogens with one attached hydrogen (secondary N) is 2. The highest BCUT2D eigenvalue weighted by Crippen LogP contribution is 2.30. The number of rotatable bonds is 4. The van der Waals surface area contributed by atoms with E-state index in [9.17, 15) is 18.3 Å². The Bertz CT molecular complexity index is 794. The number of methoxy groups -OCH3 is 1. The third-order valence-electron chi connectivity index (χ3n) is 3.07. The van der Waals surface area contributed by atoms with E-state index in [2.05, 4.69) is 15.8 Å². The van der Waals surface area contributed by atoms with Gasteiger partial charge in [-0.3, -0.25) is 5.43 Å². The molecule has 3 N–H and O–H groups in total. The van der Waals surface area contributed by atoms with Gasteiger partial charge in [0.25, 0.3) is 0 Å². The number of phenols is 1. The largest absolute Gasteiger partial charge is 0.504 e. The van der Waals surface area contributed by atoms with Gasteiger partial charge in [0.15, 0.2) is 16.6 Å². The van der Waals surface area contributed by atoms with Crippen LogP contribution in [0, 0.1) is 0 Å². The smallest absolute Gasteiger partial charge is 0.416 e. The molecule has 0 aliphatic heterocycles. The Balaban J connectivity index is 2.00. The third-order valence-corrected chi connectivity index (χ3v) is 3.26. The zero-order chi connectivity index (χ0) is 18.4. The number of alkyl halides is 3. The number of thiocarbonyl (C=S) groups is 1. The van der Waals surface area contributed by atoms with Gasteiger partial charge >= 0.3 is 6.18 Å². The number of halogens is 3. The molecule has 2 aromatic rings. The standard InChI is InChI=1S/C16H14F3N3O2S/c1-24-13-7-2-4-10(14(13)23)9-20-22-15(25)21-12-6-3-5-11(8-12)16(17,18)19/h2-9,23H,1H3,(H2,21,22,25)/b20-9+. The van der Waals surface area contributed by atoms with Crippen LogP contribution in [-0.2, 0) is 6.18 Å². The Labute approximate surface area is 147 Å². The summed E-state index contributed by atoms with van der Waals surface area (Å²) >= 11 is 4.97. The minimum atomic E-state index is -4.44. The molecule has 0 aromatic heterocycles. The maximum absolute atomic E-state index is 12.7. The first kappa shape index (κ1) is 18.5. The van der Waals surface area contributed by atoms with Crippen molar-refractivity contribution in [3.05, 3.63) is 53.6 Å². The van der Waals surface area contributed by atoms with Gasteiger partial charge in [0, 0.05) is 11.3 Å². The van der Waals surface area contributed by atoms with Gasteiger partial charge in [-0.25, -0.2) is 0 Å². The summed E-state index contributed by atoms with van der Waals surface area (Å²) in [5.41, 5.74) is 2.23. The van der Waals surface area contributed by atoms with Crippen molar-refractivity contribution >= 4 is 29.2 Å². The average molecular weight is 369 g/mol. The third kappa shape index (κ3) is 5.08. The summed E-state index contributed by atoms with van der Waals surface area (Å²) < 4.78 is 43.0. The molecule has 0 aliphatic carbocycles. The van der Waals surface area contributed by atoms with Gasteiger partial charge in [-0.05, 0) is 42.5 Å². The summed E-state index contributed by atoms with van der Waals surface area (Å²) in [4.78, 5) is 0. The lowest BCUT2D eigenvalue weighted by molar-refractivity contribution is -0.137. The maximum atomic E-state index is 12.7. The van der Waals surface area contributed by atoms with E-state index in [1.165, 1.54) is 25.5 Å². The van der Waals surface area contributed by atoms with Crippen LogP contribution in [0.5, 0.6) is 11.5 Å². The molecule has 0 radical (unpaired) electrons. The van der Waals surface area contributed by atoms with Crippen molar-refractivity contribution in [2.24, 2.45) is 5.10 Å². The number of hydrazone groups is 1. The topological polar surface area (TPSA) is 65.9 Å². The first-order chi connectivity index (χ1) is 11.8. The molecule has 5 nitrogen and oxygen atoms in total. The molecule has 25 heavy (non-hydrogen) atoms. The van der Waals surface area contributed by atoms with E-state index < -0.39 is 11.7 Å². The fourth-order valence-electron chi connectivity index (χ4n) is 1.90. The van der Waals surface area contributed by atoms with E-state index in [-0.39, 0.29) is 22.3 Å². The van der Waals surface area contributed by atoms with E-state index >= 15 is 0 Å². The second-order valence-electron chi connectivity index (χ2n) is 4.80. The normalized spacial score (nSPS) is 11.4. The van der Waals surface area contributed by atoms with Crippen LogP contribution in [0.25, 0.3) is 0 Å². The Kier molecular flexibility index (Phi) is 5.81. The van der Waals surface area contributed by atoms with Gasteiger partial charge in [-0.15, -0.1) is 0 Å². The highest BCUT2D eigenvalue weighted by Gasteiger charge is 2.30. The van der Waals surface area contributed by atoms with Gasteiger partial charge in [-0.2, -0.15) is 18.3 Å². The van der Waals surface area contributed by atoms with Crippen LogP contribution in [0.3, 0.4) is 0 Å². The van der Waals surface area contributed by atoms with E-state index in [0.29, 0.717) is 5.56 Å². The molecule has 132 valence electrons. The molecule has 0 fully saturated rings. The lowest BCUT2D eigenvalue weighted by Gasteiger charge is -2.10. The number of hydrogen-bond acceptors (Lipinski definition) is 4. The van der Waals surface area contributed by atoms with E-state index in [1.54, 1.807) is 18.2 Å². The molecule has 0 atom stereocenters. The fourth-order valence-corrected chi connectivity index (χ4v) is 2.07. The van der Waals surface area contributed by atoms with Crippen molar-refractivity contribution < 1.29 is 23.0 Å². The lowest BCUT2D eigenvalue weighted by Crippen LogP contribution is -2.24. The predicted octanol–water partition coefficient (Wildman–Crippen LogP) is 3.74. The van der Waals surface area contributed by atoms with Crippen LogP contribution in [-0.4, -0.2) is 23.5 Å². The first-order valence-electron chi connectivity index (χ1n) is 6.94. The van der Waals surface area contributed by atoms with Crippen molar-refractivity contribution in [1.82, 2.24) is 5.43 Å². The summed E-state index contributed by atoms with van der Waals surface area (Å²) in [5, 5.41) is 16.3. The van der Waals surface area contributed by atoms with Gasteiger partial charge in [0.1, 0.15) is 0 Å². The molecule has 2 aromatic carbocycles. The first-order valence-corrected chi connectivity index (χ1v) is 7.35. The quantitative estimate of drug-likeness (QED) is 0.435. The van der Waals surface area contributed by atoms with Crippen LogP contribution >= 0.6 is 12.2 Å². The number of ether oxygens (including phenoxy) is 1. The molecule has 0 aliphatic rings. The molecule has 0 heterocycles. The zero-order valence-electron chi connectivity index (χ0n) is 13.0. The van der Waals surface area contributed by atoms with Gasteiger partial charge in [0.05, 0.1) is 18.9 Å². The number of para-hydroxylation sites is 1. The highest BCUT2D eigenvalue weighted by atomic mass is 32.1. The van der Waals surface area contributed by atoms with Crippen molar-refractivity contribution in [2.75, 3.05) is 12.4 Å². The number of phenolic OH excluding ortho intramolecular Hbond substituents is 1. The van der Waals surface area contributed by atoms with Crippen LogP contribution in [0.15, 0.2) is 47.6 Å². The second kappa shape index (κ2) is 7.84. The number of aromatic hydroxyl groups is 1. The molecule has 0 saturated heterocycles. The molecule has 0 unspecified atom stereocenters. The van der Waals surface area contributed by atoms with Gasteiger partial charge < -0.3 is 15.2 Å². The second-order valence-corrected chi connectivity index (χ2v) is 5.21. The minimum absolute atomic E-state index is 0.00189. The number of anilines is 1. The van der Waals surface area contributed by atoms with E-state index in [0.717, 1.165) is 12.1 Å². The molecule has 0 spiro atoms. The SMILES string of the molecule is COc1cccc(/C=N/NC(=S)Nc2cccc(C(F)(F)F)c2)c1O. The molecular formula is C16H14F3N3O2S. The monoisotopic (exact) mass is 369 g/mol. The molecule has 0 amide bonds. The van der Waals surface area contributed by atoms with E-state index in [4.69, 9.17) is 17.0 Å². The Morgan fingerprint density at radius 2 is 1.96 bits per heavy atom. The maximum Gasteiger partial charge on any atom is 0.416 e. The Hall–Kier alpha value is -2.81. The average Bonchev–Trinajstić information content (AvgIpc) is 2.56. The minimum Gasteiger partial charge on any atom is -0.504 e. The Morgan fingerprint density at radius 1 is 1.24 bits per heavy atom. The number of nitrogens with zero attached hydrogens (tertiary/aromatic N) is 1. The molecule has 0 bridgehead atoms. The van der Waals surface area contributed by atoms with Gasteiger partial charge in [0.2, 0.25) is 0 Å². The van der Waals surface area contributed by atoms with Crippen LogP contribution in [0.2, 0.25) is 0 Å². The van der Waals surface area contributed by atoms with Crippen molar-refractivity contribution in [3.8, 4) is 11.5 Å². The van der Waals surface area contributed by atoms with Crippen LogP contribution < -0.4 is 15.5 Å². The summed E-state index contributed by atoms with van der Waals surface area (Å²) in [6.07, 6.45) is -3.13. The van der Waals surface area contributed by atoms with Crippen molar-refractivity contribution in [2.45, 2.75) is 6.18 Å². The fraction of sp³-hybridized carbons (Fsp3) is 0.125. The molecule has 9 heteroatoms. The number of benzene rings is 2. The highest BCUT2D eigenvalue weighted by molar-refractivity contribution is 7.80. The molecular weight excluding hydrogens is 355 g/mol. The van der Waals surface area contributed by atoms with Crippen LogP contribution in [0.4, 0.5) is 18.9 Å². The molecule has 2 rings (SSSR count). The van der Waals surface area contributed by atoms with Crippen LogP contribution in [0.1, 0.15) is 11.1 Å². The van der Waals surface area contributed by atoms with E-state index in [1.807, 2.05) is 0 Å². The summed E-state index contributed by atoms with van der Waals surface area (Å²) in [5.74, 6) is 0.195.